The van der Waals surface area contributed by atoms with E-state index in [1.807, 2.05) is 0 Å². The summed E-state index contributed by atoms with van der Waals surface area (Å²) in [7, 11) is -4.09. The Morgan fingerprint density at radius 1 is 1.35 bits per heavy atom. The smallest absolute Gasteiger partial charge is 0.387 e. The summed E-state index contributed by atoms with van der Waals surface area (Å²) in [6, 6.07) is 4.83. The summed E-state index contributed by atoms with van der Waals surface area (Å²) in [6.07, 6.45) is 0.961. The van der Waals surface area contributed by atoms with E-state index in [1.54, 1.807) is 6.92 Å². The van der Waals surface area contributed by atoms with E-state index >= 15 is 0 Å². The fraction of sp³-hybridized carbons (Fsp3) is 0.500. The molecule has 6 nitrogen and oxygen atoms in total. The van der Waals surface area contributed by atoms with Gasteiger partial charge in [0.15, 0.2) is 0 Å². The van der Waals surface area contributed by atoms with Gasteiger partial charge in [-0.25, -0.2) is 8.42 Å². The number of halogens is 2. The van der Waals surface area contributed by atoms with Crippen LogP contribution in [-0.2, 0) is 14.8 Å². The highest BCUT2D eigenvalue weighted by Crippen LogP contribution is 2.32. The van der Waals surface area contributed by atoms with Gasteiger partial charge in [-0.1, -0.05) is 12.1 Å². The molecule has 0 aromatic heterocycles. The fourth-order valence-corrected chi connectivity index (χ4v) is 4.45. The largest absolute Gasteiger partial charge is 0.433 e. The van der Waals surface area contributed by atoms with Crippen molar-refractivity contribution in [3.8, 4) is 5.75 Å². The zero-order valence-electron chi connectivity index (χ0n) is 12.5. The van der Waals surface area contributed by atoms with E-state index in [-0.39, 0.29) is 17.5 Å². The summed E-state index contributed by atoms with van der Waals surface area (Å²) >= 11 is 0. The number of primary amides is 1. The summed E-state index contributed by atoms with van der Waals surface area (Å²) in [4.78, 5) is 11.0. The van der Waals surface area contributed by atoms with Crippen LogP contribution in [-0.4, -0.2) is 37.8 Å². The van der Waals surface area contributed by atoms with Gasteiger partial charge in [-0.3, -0.25) is 4.79 Å². The second-order valence-electron chi connectivity index (χ2n) is 5.43. The number of piperidine rings is 1. The molecule has 1 amide bonds. The van der Waals surface area contributed by atoms with E-state index in [4.69, 9.17) is 5.73 Å². The first-order valence-electron chi connectivity index (χ1n) is 7.08. The van der Waals surface area contributed by atoms with Crippen LogP contribution in [0, 0.1) is 5.92 Å². The van der Waals surface area contributed by atoms with Gasteiger partial charge >= 0.3 is 6.61 Å². The second kappa shape index (κ2) is 6.79. The summed E-state index contributed by atoms with van der Waals surface area (Å²) in [5.41, 5.74) is 5.27. The molecule has 1 saturated heterocycles. The van der Waals surface area contributed by atoms with Crippen molar-refractivity contribution < 1.29 is 26.7 Å². The Hall–Kier alpha value is -1.74. The number of carbonyl (C=O) groups is 1. The fourth-order valence-electron chi connectivity index (χ4n) is 2.63. The van der Waals surface area contributed by atoms with Crippen molar-refractivity contribution >= 4 is 15.9 Å². The molecule has 1 aromatic rings. The predicted molar refractivity (Wildman–Crippen MR) is 78.3 cm³/mol. The molecule has 0 aliphatic carbocycles. The van der Waals surface area contributed by atoms with Crippen LogP contribution in [0.1, 0.15) is 19.8 Å². The topological polar surface area (TPSA) is 89.7 Å². The van der Waals surface area contributed by atoms with E-state index in [2.05, 4.69) is 4.74 Å². The minimum Gasteiger partial charge on any atom is -0.433 e. The van der Waals surface area contributed by atoms with Crippen LogP contribution >= 0.6 is 0 Å². The van der Waals surface area contributed by atoms with Crippen molar-refractivity contribution in [2.45, 2.75) is 37.3 Å². The van der Waals surface area contributed by atoms with Crippen molar-refractivity contribution in [2.75, 3.05) is 6.54 Å². The van der Waals surface area contributed by atoms with E-state index < -0.39 is 34.2 Å². The first kappa shape index (κ1) is 17.6. The average Bonchev–Trinajstić information content (AvgIpc) is 2.47. The van der Waals surface area contributed by atoms with Crippen molar-refractivity contribution in [3.63, 3.8) is 0 Å². The van der Waals surface area contributed by atoms with Crippen molar-refractivity contribution in [1.82, 2.24) is 4.31 Å². The van der Waals surface area contributed by atoms with Crippen molar-refractivity contribution in [3.05, 3.63) is 24.3 Å². The number of nitrogens with two attached hydrogens (primary N) is 1. The van der Waals surface area contributed by atoms with Crippen LogP contribution in [0.25, 0.3) is 0 Å². The maximum absolute atomic E-state index is 12.8. The highest BCUT2D eigenvalue weighted by molar-refractivity contribution is 7.89. The highest BCUT2D eigenvalue weighted by atomic mass is 32.2. The maximum atomic E-state index is 12.8. The molecule has 2 N–H and O–H groups in total. The summed E-state index contributed by atoms with van der Waals surface area (Å²) in [6.45, 7) is -1.50. The van der Waals surface area contributed by atoms with E-state index in [1.165, 1.54) is 24.3 Å². The van der Waals surface area contributed by atoms with E-state index in [0.717, 1.165) is 4.31 Å². The lowest BCUT2D eigenvalue weighted by Gasteiger charge is -2.36. The monoisotopic (exact) mass is 348 g/mol. The number of para-hydroxylation sites is 1. The Labute approximate surface area is 133 Å². The Bertz CT molecular complexity index is 681. The minimum atomic E-state index is -4.09. The Morgan fingerprint density at radius 3 is 2.61 bits per heavy atom. The molecular weight excluding hydrogens is 330 g/mol. The lowest BCUT2D eigenvalue weighted by molar-refractivity contribution is -0.123. The van der Waals surface area contributed by atoms with Gasteiger partial charge in [-0.05, 0) is 31.9 Å². The van der Waals surface area contributed by atoms with Gasteiger partial charge in [0.05, 0.1) is 5.92 Å². The molecule has 2 atom stereocenters. The van der Waals surface area contributed by atoms with Gasteiger partial charge in [0.2, 0.25) is 15.9 Å². The molecule has 0 spiro atoms. The number of hydrogen-bond acceptors (Lipinski definition) is 4. The highest BCUT2D eigenvalue weighted by Gasteiger charge is 2.38. The Morgan fingerprint density at radius 2 is 2.00 bits per heavy atom. The van der Waals surface area contributed by atoms with E-state index in [9.17, 15) is 22.0 Å². The van der Waals surface area contributed by atoms with Gasteiger partial charge in [0, 0.05) is 12.6 Å². The van der Waals surface area contributed by atoms with Crippen LogP contribution in [0.3, 0.4) is 0 Å². The lowest BCUT2D eigenvalue weighted by atomic mass is 9.95. The standard InChI is InChI=1S/C14H18F2N2O4S/c1-9-6-7-10(13(17)19)8-18(9)23(20,21)12-5-3-2-4-11(12)22-14(15)16/h2-5,9-10,14H,6-8H2,1H3,(H2,17,19)/t9-,10+/m0/s1. The van der Waals surface area contributed by atoms with Crippen LogP contribution in [0.2, 0.25) is 0 Å². The van der Waals surface area contributed by atoms with Gasteiger partial charge < -0.3 is 10.5 Å². The molecule has 128 valence electrons. The number of sulfonamides is 1. The first-order valence-corrected chi connectivity index (χ1v) is 8.52. The van der Waals surface area contributed by atoms with Gasteiger partial charge in [0.1, 0.15) is 10.6 Å². The molecule has 0 bridgehead atoms. The molecular formula is C14H18F2N2O4S. The van der Waals surface area contributed by atoms with Gasteiger partial charge in [-0.15, -0.1) is 0 Å². The number of hydrogen-bond donors (Lipinski definition) is 1. The number of amides is 1. The molecule has 9 heteroatoms. The number of carbonyl (C=O) groups excluding carboxylic acids is 1. The number of ether oxygens (including phenoxy) is 1. The second-order valence-corrected chi connectivity index (χ2v) is 7.28. The molecule has 0 unspecified atom stereocenters. The molecule has 1 fully saturated rings. The molecule has 23 heavy (non-hydrogen) atoms. The summed E-state index contributed by atoms with van der Waals surface area (Å²) < 4.78 is 56.0. The molecule has 2 rings (SSSR count). The third-order valence-electron chi connectivity index (χ3n) is 3.88. The SMILES string of the molecule is C[C@H]1CC[C@@H](C(N)=O)CN1S(=O)(=O)c1ccccc1OC(F)F. The predicted octanol–water partition coefficient (Wildman–Crippen LogP) is 1.56. The number of alkyl halides is 2. The maximum Gasteiger partial charge on any atom is 0.387 e. The molecule has 1 aromatic carbocycles. The minimum absolute atomic E-state index is 0.0676. The van der Waals surface area contributed by atoms with E-state index in [0.29, 0.717) is 12.8 Å². The summed E-state index contributed by atoms with van der Waals surface area (Å²) in [5, 5.41) is 0. The normalized spacial score (nSPS) is 23.0. The summed E-state index contributed by atoms with van der Waals surface area (Å²) in [5.74, 6) is -1.59. The third kappa shape index (κ3) is 3.78. The molecule has 1 aliphatic rings. The number of nitrogens with zero attached hydrogens (tertiary/aromatic N) is 1. The van der Waals surface area contributed by atoms with Gasteiger partial charge in [-0.2, -0.15) is 13.1 Å². The quantitative estimate of drug-likeness (QED) is 0.874. The number of rotatable bonds is 5. The van der Waals surface area contributed by atoms with Crippen LogP contribution < -0.4 is 10.5 Å². The van der Waals surface area contributed by atoms with Crippen LogP contribution in [0.15, 0.2) is 29.2 Å². The van der Waals surface area contributed by atoms with Crippen molar-refractivity contribution in [1.29, 1.82) is 0 Å². The molecule has 0 radical (unpaired) electrons. The average molecular weight is 348 g/mol. The Kier molecular flexibility index (Phi) is 5.20. The Balaban J connectivity index is 2.39. The zero-order valence-corrected chi connectivity index (χ0v) is 13.3. The van der Waals surface area contributed by atoms with Gasteiger partial charge in [0.25, 0.3) is 0 Å². The van der Waals surface area contributed by atoms with Crippen molar-refractivity contribution in [2.24, 2.45) is 11.7 Å². The zero-order chi connectivity index (χ0) is 17.2. The van der Waals surface area contributed by atoms with Crippen LogP contribution in [0.4, 0.5) is 8.78 Å². The lowest BCUT2D eigenvalue weighted by Crippen LogP contribution is -2.48. The molecule has 1 aliphatic heterocycles. The van der Waals surface area contributed by atoms with Crippen LogP contribution in [0.5, 0.6) is 5.75 Å². The first-order chi connectivity index (χ1) is 10.7. The number of benzene rings is 1. The molecule has 1 heterocycles. The molecule has 0 saturated carbocycles. The third-order valence-corrected chi connectivity index (χ3v) is 5.90.